The Labute approximate surface area is 142 Å². The molecule has 2 aromatic rings. The minimum absolute atomic E-state index is 0.0482. The molecule has 2 rings (SSSR count). The van der Waals surface area contributed by atoms with E-state index in [9.17, 15) is 19.2 Å². The molecule has 0 saturated carbocycles. The number of anilines is 1. The van der Waals surface area contributed by atoms with Crippen LogP contribution in [0.5, 0.6) is 0 Å². The van der Waals surface area contributed by atoms with Crippen LogP contribution in [0, 0.1) is 11.0 Å². The summed E-state index contributed by atoms with van der Waals surface area (Å²) in [5.41, 5.74) is 0.452. The summed E-state index contributed by atoms with van der Waals surface area (Å²) in [7, 11) is 1.50. The molecule has 1 heterocycles. The first-order valence-corrected chi connectivity index (χ1v) is 8.04. The quantitative estimate of drug-likeness (QED) is 0.489. The molecule has 0 radical (unpaired) electrons. The van der Waals surface area contributed by atoms with Gasteiger partial charge in [0, 0.05) is 24.9 Å². The van der Waals surface area contributed by atoms with E-state index in [1.807, 2.05) is 0 Å². The lowest BCUT2D eigenvalue weighted by Gasteiger charge is -2.16. The van der Waals surface area contributed by atoms with Gasteiger partial charge >= 0.3 is 0 Å². The fourth-order valence-corrected chi connectivity index (χ4v) is 2.66. The molecule has 0 aliphatic heterocycles. The number of hydrogen-bond donors (Lipinski definition) is 1. The largest absolute Gasteiger partial charge is 0.618 e. The van der Waals surface area contributed by atoms with Crippen LogP contribution in [0.4, 0.5) is 10.1 Å². The van der Waals surface area contributed by atoms with Gasteiger partial charge in [-0.2, -0.15) is 4.73 Å². The highest BCUT2D eigenvalue weighted by Gasteiger charge is 2.15. The van der Waals surface area contributed by atoms with E-state index in [4.69, 9.17) is 0 Å². The number of nitrogens with zero attached hydrogens (tertiary/aromatic N) is 2. The summed E-state index contributed by atoms with van der Waals surface area (Å²) in [5, 5.41) is 14.5. The first kappa shape index (κ1) is 17.7. The van der Waals surface area contributed by atoms with E-state index in [1.165, 1.54) is 42.4 Å². The molecule has 0 unspecified atom stereocenters. The molecule has 0 atom stereocenters. The third-order valence-corrected chi connectivity index (χ3v) is 4.07. The molecule has 1 aromatic carbocycles. The molecule has 0 aliphatic carbocycles. The summed E-state index contributed by atoms with van der Waals surface area (Å²) in [4.78, 5) is 25.2. The highest BCUT2D eigenvalue weighted by atomic mass is 32.2. The lowest BCUT2D eigenvalue weighted by Crippen LogP contribution is -2.36. The van der Waals surface area contributed by atoms with Crippen molar-refractivity contribution in [1.29, 1.82) is 0 Å². The van der Waals surface area contributed by atoms with Gasteiger partial charge < -0.3 is 15.4 Å². The molecular weight excluding hydrogens is 333 g/mol. The SMILES string of the molecule is CN(CC(=O)Nc1ccc(F)cc1)C(=O)CSc1cccc[n+]1[O-]. The first-order chi connectivity index (χ1) is 11.5. The number of benzene rings is 1. The zero-order chi connectivity index (χ0) is 17.5. The molecule has 0 aliphatic rings. The zero-order valence-corrected chi connectivity index (χ0v) is 13.8. The molecule has 8 heteroatoms. The van der Waals surface area contributed by atoms with Crippen LogP contribution in [0.25, 0.3) is 0 Å². The number of carbonyl (C=O) groups excluding carboxylic acids is 2. The van der Waals surface area contributed by atoms with E-state index < -0.39 is 5.82 Å². The van der Waals surface area contributed by atoms with Crippen LogP contribution in [-0.2, 0) is 9.59 Å². The second kappa shape index (κ2) is 8.30. The molecule has 0 bridgehead atoms. The summed E-state index contributed by atoms with van der Waals surface area (Å²) in [5.74, 6) is -1.01. The molecule has 6 nitrogen and oxygen atoms in total. The minimum Gasteiger partial charge on any atom is -0.618 e. The van der Waals surface area contributed by atoms with E-state index in [0.717, 1.165) is 11.8 Å². The van der Waals surface area contributed by atoms with Gasteiger partial charge in [-0.05, 0) is 42.1 Å². The maximum absolute atomic E-state index is 12.8. The zero-order valence-electron chi connectivity index (χ0n) is 12.9. The lowest BCUT2D eigenvalue weighted by atomic mass is 10.3. The van der Waals surface area contributed by atoms with Crippen LogP contribution in [0.3, 0.4) is 0 Å². The van der Waals surface area contributed by atoms with Gasteiger partial charge in [-0.15, -0.1) is 0 Å². The Morgan fingerprint density at radius 3 is 2.62 bits per heavy atom. The normalized spacial score (nSPS) is 10.2. The Kier molecular flexibility index (Phi) is 6.14. The number of pyridine rings is 1. The van der Waals surface area contributed by atoms with Gasteiger partial charge in [-0.1, -0.05) is 0 Å². The number of aromatic nitrogens is 1. The molecule has 126 valence electrons. The van der Waals surface area contributed by atoms with Crippen LogP contribution < -0.4 is 10.0 Å². The second-order valence-corrected chi connectivity index (χ2v) is 5.95. The van der Waals surface area contributed by atoms with E-state index in [2.05, 4.69) is 5.32 Å². The average Bonchev–Trinajstić information content (AvgIpc) is 2.56. The maximum Gasteiger partial charge on any atom is 0.251 e. The second-order valence-electron chi connectivity index (χ2n) is 4.96. The molecular formula is C16H16FN3O3S. The third kappa shape index (κ3) is 5.24. The van der Waals surface area contributed by atoms with Gasteiger partial charge in [-0.25, -0.2) is 4.39 Å². The first-order valence-electron chi connectivity index (χ1n) is 7.06. The summed E-state index contributed by atoms with van der Waals surface area (Å²) in [6.45, 7) is -0.136. The van der Waals surface area contributed by atoms with E-state index in [-0.39, 0.29) is 24.1 Å². The Morgan fingerprint density at radius 2 is 1.96 bits per heavy atom. The van der Waals surface area contributed by atoms with Crippen LogP contribution in [0.15, 0.2) is 53.7 Å². The standard InChI is InChI=1S/C16H16FN3O3S/c1-19(10-14(21)18-13-7-5-12(17)6-8-13)15(22)11-24-16-4-2-3-9-20(16)23/h2-9H,10-11H2,1H3,(H,18,21). The molecule has 1 aromatic heterocycles. The van der Waals surface area contributed by atoms with Crippen molar-refractivity contribution in [2.75, 3.05) is 24.7 Å². The molecule has 1 N–H and O–H groups in total. The van der Waals surface area contributed by atoms with Crippen molar-refractivity contribution >= 4 is 29.3 Å². The fraction of sp³-hybridized carbons (Fsp3) is 0.188. The summed E-state index contributed by atoms with van der Waals surface area (Å²) in [6, 6.07) is 10.3. The number of nitrogens with one attached hydrogen (secondary N) is 1. The molecule has 0 fully saturated rings. The van der Waals surface area contributed by atoms with Gasteiger partial charge in [0.05, 0.1) is 12.3 Å². The number of amides is 2. The Balaban J connectivity index is 1.81. The fourth-order valence-electron chi connectivity index (χ4n) is 1.81. The van der Waals surface area contributed by atoms with Crippen molar-refractivity contribution in [2.45, 2.75) is 5.03 Å². The summed E-state index contributed by atoms with van der Waals surface area (Å²) >= 11 is 1.10. The monoisotopic (exact) mass is 349 g/mol. The van der Waals surface area contributed by atoms with E-state index in [0.29, 0.717) is 15.4 Å². The van der Waals surface area contributed by atoms with Gasteiger partial charge in [0.25, 0.3) is 5.03 Å². The number of hydrogen-bond acceptors (Lipinski definition) is 4. The number of thioether (sulfide) groups is 1. The van der Waals surface area contributed by atoms with Crippen molar-refractivity contribution in [3.05, 3.63) is 59.7 Å². The van der Waals surface area contributed by atoms with Crippen molar-refractivity contribution in [2.24, 2.45) is 0 Å². The van der Waals surface area contributed by atoms with Crippen LogP contribution in [-0.4, -0.2) is 36.1 Å². The number of halogens is 1. The minimum atomic E-state index is -0.395. The highest BCUT2D eigenvalue weighted by Crippen LogP contribution is 2.13. The summed E-state index contributed by atoms with van der Waals surface area (Å²) in [6.07, 6.45) is 1.35. The van der Waals surface area contributed by atoms with E-state index in [1.54, 1.807) is 18.2 Å². The topological polar surface area (TPSA) is 76.4 Å². The molecule has 0 spiro atoms. The van der Waals surface area contributed by atoms with Crippen LogP contribution in [0.2, 0.25) is 0 Å². The van der Waals surface area contributed by atoms with Gasteiger partial charge in [-0.3, -0.25) is 9.59 Å². The van der Waals surface area contributed by atoms with Crippen molar-refractivity contribution in [1.82, 2.24) is 4.90 Å². The highest BCUT2D eigenvalue weighted by molar-refractivity contribution is 7.99. The molecule has 2 amide bonds. The Hall–Kier alpha value is -2.61. The Morgan fingerprint density at radius 1 is 1.25 bits per heavy atom. The molecule has 0 saturated heterocycles. The maximum atomic E-state index is 12.8. The third-order valence-electron chi connectivity index (χ3n) is 3.07. The molecule has 24 heavy (non-hydrogen) atoms. The lowest BCUT2D eigenvalue weighted by molar-refractivity contribution is -0.645. The van der Waals surface area contributed by atoms with Gasteiger partial charge in [0.15, 0.2) is 6.20 Å². The van der Waals surface area contributed by atoms with Gasteiger partial charge in [0.2, 0.25) is 11.8 Å². The predicted octanol–water partition coefficient (Wildman–Crippen LogP) is 1.65. The number of carbonyl (C=O) groups is 2. The number of likely N-dealkylation sites (N-methyl/N-ethyl adjacent to an activating group) is 1. The van der Waals surface area contributed by atoms with E-state index >= 15 is 0 Å². The van der Waals surface area contributed by atoms with Crippen LogP contribution >= 0.6 is 11.8 Å². The number of rotatable bonds is 6. The van der Waals surface area contributed by atoms with Crippen LogP contribution in [0.1, 0.15) is 0 Å². The Bertz CT molecular complexity index is 725. The average molecular weight is 349 g/mol. The smallest absolute Gasteiger partial charge is 0.251 e. The van der Waals surface area contributed by atoms with Crippen molar-refractivity contribution in [3.63, 3.8) is 0 Å². The summed E-state index contributed by atoms with van der Waals surface area (Å²) < 4.78 is 13.5. The predicted molar refractivity (Wildman–Crippen MR) is 88.8 cm³/mol. The van der Waals surface area contributed by atoms with Crippen molar-refractivity contribution in [3.8, 4) is 0 Å². The van der Waals surface area contributed by atoms with Crippen molar-refractivity contribution < 1.29 is 18.7 Å². The van der Waals surface area contributed by atoms with Gasteiger partial charge in [0.1, 0.15) is 5.82 Å².